The van der Waals surface area contributed by atoms with Gasteiger partial charge in [0, 0.05) is 17.0 Å². The number of benzene rings is 2. The van der Waals surface area contributed by atoms with Gasteiger partial charge in [-0.25, -0.2) is 0 Å². The molecule has 28 heavy (non-hydrogen) atoms. The number of fused-ring (bicyclic) bond motifs is 1. The largest absolute Gasteiger partial charge is 0.487 e. The Kier molecular flexibility index (Phi) is 5.62. The van der Waals surface area contributed by atoms with Crippen molar-refractivity contribution < 1.29 is 14.3 Å². The molecule has 0 saturated heterocycles. The number of hydrogen-bond acceptors (Lipinski definition) is 3. The number of ether oxygens (including phenoxy) is 2. The number of nitrogens with one attached hydrogen (secondary N) is 1. The van der Waals surface area contributed by atoms with E-state index in [-0.39, 0.29) is 17.6 Å². The number of hydrogen-bond donors (Lipinski definition) is 1. The summed E-state index contributed by atoms with van der Waals surface area (Å²) in [4.78, 5) is 12.8. The number of carbonyl (C=O) groups excluding carboxylic acids is 1. The molecule has 1 heterocycles. The van der Waals surface area contributed by atoms with Crippen molar-refractivity contribution in [2.24, 2.45) is 0 Å². The van der Waals surface area contributed by atoms with Crippen LogP contribution in [0.5, 0.6) is 11.5 Å². The Balaban J connectivity index is 1.75. The lowest BCUT2D eigenvalue weighted by molar-refractivity contribution is -0.128. The molecule has 2 aromatic rings. The van der Waals surface area contributed by atoms with Gasteiger partial charge in [-0.15, -0.1) is 0 Å². The molecule has 2 aromatic carbocycles. The van der Waals surface area contributed by atoms with E-state index >= 15 is 0 Å². The molecule has 0 saturated carbocycles. The Labute approximate surface area is 172 Å². The van der Waals surface area contributed by atoms with Crippen LogP contribution >= 0.6 is 11.6 Å². The van der Waals surface area contributed by atoms with Gasteiger partial charge < -0.3 is 14.8 Å². The van der Waals surface area contributed by atoms with Crippen LogP contribution in [0.3, 0.4) is 0 Å². The van der Waals surface area contributed by atoms with Crippen LogP contribution in [0.2, 0.25) is 5.02 Å². The van der Waals surface area contributed by atoms with Gasteiger partial charge >= 0.3 is 0 Å². The van der Waals surface area contributed by atoms with Gasteiger partial charge in [-0.2, -0.15) is 0 Å². The summed E-state index contributed by atoms with van der Waals surface area (Å²) in [6, 6.07) is 9.69. The van der Waals surface area contributed by atoms with Crippen LogP contribution in [-0.4, -0.2) is 17.6 Å². The molecule has 3 rings (SSSR count). The van der Waals surface area contributed by atoms with Crippen molar-refractivity contribution in [3.8, 4) is 11.5 Å². The van der Waals surface area contributed by atoms with Gasteiger partial charge in [-0.05, 0) is 76.4 Å². The van der Waals surface area contributed by atoms with Gasteiger partial charge in [0.25, 0.3) is 5.91 Å². The summed E-state index contributed by atoms with van der Waals surface area (Å²) in [6.07, 6.45) is 0.0700. The molecule has 1 amide bonds. The number of aryl methyl sites for hydroxylation is 3. The maximum atomic E-state index is 12.8. The lowest BCUT2D eigenvalue weighted by atomic mass is 9.89. The number of halogens is 1. The van der Waals surface area contributed by atoms with Crippen LogP contribution in [-0.2, 0) is 4.79 Å². The monoisotopic (exact) mass is 401 g/mol. The molecule has 150 valence electrons. The van der Waals surface area contributed by atoms with E-state index in [0.717, 1.165) is 33.0 Å². The molecule has 0 aromatic heterocycles. The zero-order valence-corrected chi connectivity index (χ0v) is 18.1. The lowest BCUT2D eigenvalue weighted by Crippen LogP contribution is -2.44. The molecule has 1 N–H and O–H groups in total. The van der Waals surface area contributed by atoms with Crippen molar-refractivity contribution in [3.05, 3.63) is 57.6 Å². The summed E-state index contributed by atoms with van der Waals surface area (Å²) in [6.45, 7) is 11.7. The number of amides is 1. The topological polar surface area (TPSA) is 47.6 Å². The molecule has 0 bridgehead atoms. The van der Waals surface area contributed by atoms with E-state index in [1.165, 1.54) is 0 Å². The molecule has 0 spiro atoms. The average Bonchev–Trinajstić information content (AvgIpc) is 2.58. The van der Waals surface area contributed by atoms with E-state index in [2.05, 4.69) is 5.32 Å². The summed E-state index contributed by atoms with van der Waals surface area (Å²) in [5.74, 6) is 1.32. The third kappa shape index (κ3) is 4.44. The van der Waals surface area contributed by atoms with Crippen molar-refractivity contribution in [1.82, 2.24) is 5.32 Å². The minimum absolute atomic E-state index is 0.119. The highest BCUT2D eigenvalue weighted by atomic mass is 35.5. The van der Waals surface area contributed by atoms with Crippen LogP contribution in [0.15, 0.2) is 30.3 Å². The predicted octanol–water partition coefficient (Wildman–Crippen LogP) is 5.45. The summed E-state index contributed by atoms with van der Waals surface area (Å²) >= 11 is 6.22. The maximum Gasteiger partial charge on any atom is 0.261 e. The molecule has 5 heteroatoms. The normalized spacial score (nSPS) is 18.6. The van der Waals surface area contributed by atoms with Crippen LogP contribution < -0.4 is 14.8 Å². The molecule has 1 aliphatic rings. The highest BCUT2D eigenvalue weighted by Gasteiger charge is 2.35. The van der Waals surface area contributed by atoms with Crippen LogP contribution in [0.25, 0.3) is 0 Å². The van der Waals surface area contributed by atoms with Gasteiger partial charge in [0.05, 0.1) is 6.04 Å². The minimum atomic E-state index is -0.625. The molecular weight excluding hydrogens is 374 g/mol. The Morgan fingerprint density at radius 1 is 1.21 bits per heavy atom. The fourth-order valence-electron chi connectivity index (χ4n) is 3.61. The van der Waals surface area contributed by atoms with E-state index in [9.17, 15) is 4.79 Å². The fraction of sp³-hybridized carbons (Fsp3) is 0.435. The van der Waals surface area contributed by atoms with E-state index in [0.29, 0.717) is 12.2 Å². The first-order valence-electron chi connectivity index (χ1n) is 9.59. The maximum absolute atomic E-state index is 12.8. The highest BCUT2D eigenvalue weighted by Crippen LogP contribution is 2.40. The standard InChI is InChI=1S/C23H28ClNO3/c1-13-7-8-18-19(12-23(5,6)28-20(18)9-13)25-22(26)16(4)27-17-10-14(2)21(24)15(3)11-17/h7-11,16,19H,12H2,1-6H3,(H,25,26). The first-order valence-corrected chi connectivity index (χ1v) is 9.97. The van der Waals surface area contributed by atoms with E-state index in [1.807, 2.05) is 65.0 Å². The zero-order chi connectivity index (χ0) is 20.6. The van der Waals surface area contributed by atoms with Crippen LogP contribution in [0, 0.1) is 20.8 Å². The smallest absolute Gasteiger partial charge is 0.261 e. The zero-order valence-electron chi connectivity index (χ0n) is 17.4. The van der Waals surface area contributed by atoms with E-state index in [4.69, 9.17) is 21.1 Å². The van der Waals surface area contributed by atoms with Crippen molar-refractivity contribution in [1.29, 1.82) is 0 Å². The van der Waals surface area contributed by atoms with Gasteiger partial charge in [0.1, 0.15) is 17.1 Å². The highest BCUT2D eigenvalue weighted by molar-refractivity contribution is 6.32. The predicted molar refractivity (Wildman–Crippen MR) is 112 cm³/mol. The number of rotatable bonds is 4. The van der Waals surface area contributed by atoms with Gasteiger partial charge in [-0.3, -0.25) is 4.79 Å². The first kappa shape index (κ1) is 20.5. The Bertz CT molecular complexity index is 884. The van der Waals surface area contributed by atoms with Crippen molar-refractivity contribution in [3.63, 3.8) is 0 Å². The molecule has 0 aliphatic carbocycles. The van der Waals surface area contributed by atoms with Gasteiger partial charge in [-0.1, -0.05) is 23.7 Å². The van der Waals surface area contributed by atoms with Crippen molar-refractivity contribution in [2.45, 2.75) is 65.7 Å². The Hall–Kier alpha value is -2.20. The number of carbonyl (C=O) groups is 1. The molecule has 2 unspecified atom stereocenters. The van der Waals surface area contributed by atoms with E-state index < -0.39 is 6.10 Å². The Morgan fingerprint density at radius 2 is 1.86 bits per heavy atom. The summed E-state index contributed by atoms with van der Waals surface area (Å²) in [7, 11) is 0. The molecule has 0 fully saturated rings. The van der Waals surface area contributed by atoms with Crippen molar-refractivity contribution in [2.75, 3.05) is 0 Å². The Morgan fingerprint density at radius 3 is 2.50 bits per heavy atom. The van der Waals surface area contributed by atoms with Crippen LogP contribution in [0.1, 0.15) is 55.5 Å². The second-order valence-corrected chi connectivity index (χ2v) is 8.68. The molecule has 1 aliphatic heterocycles. The van der Waals surface area contributed by atoms with E-state index in [1.54, 1.807) is 6.92 Å². The van der Waals surface area contributed by atoms with Crippen LogP contribution in [0.4, 0.5) is 0 Å². The second-order valence-electron chi connectivity index (χ2n) is 8.30. The van der Waals surface area contributed by atoms with Gasteiger partial charge in [0.15, 0.2) is 6.10 Å². The first-order chi connectivity index (χ1) is 13.1. The van der Waals surface area contributed by atoms with Crippen molar-refractivity contribution >= 4 is 17.5 Å². The molecular formula is C23H28ClNO3. The SMILES string of the molecule is Cc1ccc2c(c1)OC(C)(C)CC2NC(=O)C(C)Oc1cc(C)c(Cl)c(C)c1. The summed E-state index contributed by atoms with van der Waals surface area (Å²) in [5, 5.41) is 3.86. The fourth-order valence-corrected chi connectivity index (χ4v) is 3.72. The second kappa shape index (κ2) is 7.67. The third-order valence-electron chi connectivity index (χ3n) is 5.03. The molecule has 4 nitrogen and oxygen atoms in total. The quantitative estimate of drug-likeness (QED) is 0.740. The molecule has 0 radical (unpaired) electrons. The summed E-state index contributed by atoms with van der Waals surface area (Å²) in [5.41, 5.74) is 3.64. The molecule has 2 atom stereocenters. The van der Waals surface area contributed by atoms with Gasteiger partial charge in [0.2, 0.25) is 0 Å². The third-order valence-corrected chi connectivity index (χ3v) is 5.63. The average molecular weight is 402 g/mol. The lowest BCUT2D eigenvalue weighted by Gasteiger charge is -2.38. The summed E-state index contributed by atoms with van der Waals surface area (Å²) < 4.78 is 12.0. The minimum Gasteiger partial charge on any atom is -0.487 e.